The molecule has 16 heterocycles. The largest absolute Gasteiger partial charge is 0.507 e. The van der Waals surface area contributed by atoms with Gasteiger partial charge in [-0.25, -0.2) is 18.3 Å². The van der Waals surface area contributed by atoms with Gasteiger partial charge in [0.2, 0.25) is 85.7 Å². The number of aliphatic hydroxyl groups excluding tert-OH is 8. The van der Waals surface area contributed by atoms with Crippen molar-refractivity contribution in [3.8, 4) is 0 Å². The topological polar surface area (TPSA) is 585 Å². The summed E-state index contributed by atoms with van der Waals surface area (Å²) < 4.78 is 165. The summed E-state index contributed by atoms with van der Waals surface area (Å²) >= 11 is 13.4. The smallest absolute Gasteiger partial charge is 0.477 e. The predicted molar refractivity (Wildman–Crippen MR) is 464 cm³/mol. The maximum absolute atomic E-state index is 13.3. The summed E-state index contributed by atoms with van der Waals surface area (Å²) in [6, 6.07) is -2.72. The molecule has 0 aromatic carbocycles. The first-order valence-electron chi connectivity index (χ1n) is 44.4. The van der Waals surface area contributed by atoms with E-state index in [2.05, 4.69) is 21.3 Å². The number of nitrogens with one attached hydrogen (secondary N) is 4. The highest BCUT2D eigenvalue weighted by atomic mass is 32.2. The Bertz CT molecular complexity index is 5450. The van der Waals surface area contributed by atoms with Crippen LogP contribution >= 0.6 is 79.3 Å². The SMILES string of the molecule is CN1CN(COP2(=O)O[C@@H]3[C@H](O2)[C@@H](O)C=C2C4C=C5OCOC5=C(O)C4C(=O)N[C@H]23)CSC1=S.CN1CN(COP2(=O)O[C@H]3[C@@H]4NC(=O)C5C(O)=C6OCOC6=CC5[C@H]4C[C@H](O)[C@H]3O2)CSC1=S.O=C1N[C@@H]2C(=C[C@H](O)[C@H]3OP(=O)(OCN4CCCCCC4=O)O[C@H]32)C2C=C3OCOC3=C(O)C12.O=C1N[C@H]2[C@@H]3OP(=O)(OCN4CCCCCC4=O)O[C@@H]3[C@@H](O)C[C@@H]2C2C=C3OCOC3=C(O)C12. The van der Waals surface area contributed by atoms with Crippen LogP contribution in [0.15, 0.2) is 117 Å². The van der Waals surface area contributed by atoms with Crippen LogP contribution in [-0.4, -0.2) is 318 Å². The van der Waals surface area contributed by atoms with E-state index in [1.54, 1.807) is 30.4 Å². The van der Waals surface area contributed by atoms with Gasteiger partial charge in [0.15, 0.2) is 46.1 Å². The second-order valence-electron chi connectivity index (χ2n) is 36.4. The van der Waals surface area contributed by atoms with E-state index in [4.69, 9.17) is 117 Å². The standard InChI is InChI=1S/C21H27N2O10P.C21H25N2O10P.C19H24N3O9PS2.C19H22N3O9PS2/c2*24-12-6-11-10-7-13-19(30-9-29-13)17(26)15(10)21(27)22-16(11)20-18(12)32-34(28,33-20)31-8-23-5-3-1-2-4-14(23)25;2*1-21-4-22(6-34-19(21)33)5-29-32(26)30-15-10(23)2-9-8-3-11-16(28-7-27-11)14(24)12(8)18(25)20-13(9)17(15)31-32/h7,10-12,15-16,18,20,24,26H,1-6,8-9H2,(H,22,27);6-7,10,12,15-16,18,20,24,26H,1-5,8-9H2,(H,22,27);3,8-10,12-13,15,17,23-24H,2,4-7H2,1H3,(H,20,25);2-3,8,10,12-13,15,17,23-24H,4-7H2,1H3,(H,20,25)/t10?,11-,12+,15?,16-,18-,20+,34?;10?,12-,15?,16+,18+,20-,34?;8?,9-,10+,12?,13-,15-,17+,32?;8?,10-,12?,13+,15+,17-,32?/m1010/s1. The average Bonchev–Trinajstić information content (AvgIpc) is 1.52. The molecule has 30 atom stereocenters. The zero-order valence-electron chi connectivity index (χ0n) is 72.4. The fourth-order valence-electron chi connectivity index (χ4n) is 21.7. The van der Waals surface area contributed by atoms with Gasteiger partial charge in [-0.05, 0) is 85.8 Å². The lowest BCUT2D eigenvalue weighted by Crippen LogP contribution is -2.65. The Morgan fingerprint density at radius 1 is 0.404 bits per heavy atom. The molecule has 8 aliphatic carbocycles. The molecule has 16 aliphatic heterocycles. The number of thioether (sulfide) groups is 2. The van der Waals surface area contributed by atoms with Gasteiger partial charge in [-0.15, -0.1) is 0 Å². The van der Waals surface area contributed by atoms with Crippen molar-refractivity contribution >= 4 is 123 Å². The van der Waals surface area contributed by atoms with Crippen molar-refractivity contribution in [1.82, 2.24) is 50.7 Å². The molecule has 0 spiro atoms. The van der Waals surface area contributed by atoms with Crippen molar-refractivity contribution in [2.24, 2.45) is 59.2 Å². The summed E-state index contributed by atoms with van der Waals surface area (Å²) in [5.74, 6) is -6.09. The van der Waals surface area contributed by atoms with Crippen LogP contribution in [0.3, 0.4) is 0 Å². The molecule has 2 saturated carbocycles. The van der Waals surface area contributed by atoms with Crippen LogP contribution in [0, 0.1) is 59.2 Å². The fourth-order valence-corrected chi connectivity index (χ4v) is 29.9. The number of phosphoric ester groups is 4. The number of hydrogen-bond donors (Lipinski definition) is 12. The molecule has 0 bridgehead atoms. The van der Waals surface area contributed by atoms with Gasteiger partial charge in [0.25, 0.3) is 0 Å². The van der Waals surface area contributed by atoms with Gasteiger partial charge in [-0.3, -0.25) is 92.9 Å². The minimum Gasteiger partial charge on any atom is -0.507 e. The Labute approximate surface area is 793 Å². The number of amides is 6. The summed E-state index contributed by atoms with van der Waals surface area (Å²) in [7, 11) is -12.5. The first-order chi connectivity index (χ1) is 65.2. The minimum absolute atomic E-state index is 0.0111. The molecule has 12 N–H and O–H groups in total. The van der Waals surface area contributed by atoms with Crippen molar-refractivity contribution in [2.45, 2.75) is 162 Å². The third kappa shape index (κ3) is 17.4. The Hall–Kier alpha value is -7.50. The van der Waals surface area contributed by atoms with Gasteiger partial charge < -0.3 is 120 Å². The van der Waals surface area contributed by atoms with E-state index in [1.165, 1.54) is 39.4 Å². The number of carbonyl (C=O) groups is 6. The molecular weight excluding hydrogens is 1960 g/mol. The average molecular weight is 2060 g/mol. The van der Waals surface area contributed by atoms with Crippen LogP contribution in [0.1, 0.15) is 64.2 Å². The predicted octanol–water partition coefficient (Wildman–Crippen LogP) is 3.55. The van der Waals surface area contributed by atoms with E-state index in [0.29, 0.717) is 85.2 Å². The van der Waals surface area contributed by atoms with Gasteiger partial charge in [0.1, 0.15) is 120 Å². The number of allylic oxidation sites excluding steroid dienone is 4. The number of likely N-dealkylation sites (tertiary alicyclic amines) is 2. The zero-order chi connectivity index (χ0) is 94.8. The Morgan fingerprint density at radius 2 is 0.735 bits per heavy atom. The van der Waals surface area contributed by atoms with E-state index in [9.17, 15) is 87.9 Å². The lowest BCUT2D eigenvalue weighted by atomic mass is 9.64. The van der Waals surface area contributed by atoms with E-state index in [-0.39, 0.29) is 137 Å². The third-order valence-electron chi connectivity index (χ3n) is 28.2. The highest BCUT2D eigenvalue weighted by molar-refractivity contribution is 8.23. The highest BCUT2D eigenvalue weighted by Gasteiger charge is 2.67. The van der Waals surface area contributed by atoms with Gasteiger partial charge in [-0.1, -0.05) is 73.0 Å². The number of rotatable bonds is 12. The highest BCUT2D eigenvalue weighted by Crippen LogP contribution is 2.67. The second-order valence-corrected chi connectivity index (χ2v) is 45.9. The summed E-state index contributed by atoms with van der Waals surface area (Å²) in [4.78, 5) is 86.8. The maximum Gasteiger partial charge on any atom is 0.477 e. The van der Waals surface area contributed by atoms with Crippen LogP contribution in [0.5, 0.6) is 0 Å². The van der Waals surface area contributed by atoms with Gasteiger partial charge in [-0.2, -0.15) is 0 Å². The summed E-state index contributed by atoms with van der Waals surface area (Å²) in [6.45, 7) is 1.24. The molecule has 6 amide bonds. The number of phosphoric acid groups is 4. The number of carbonyl (C=O) groups excluding carboxylic acids is 6. The molecule has 136 heavy (non-hydrogen) atoms. The molecule has 0 radical (unpaired) electrons. The lowest BCUT2D eigenvalue weighted by molar-refractivity contribution is -0.140. The van der Waals surface area contributed by atoms with Crippen LogP contribution in [0.2, 0.25) is 0 Å². The quantitative estimate of drug-likeness (QED) is 0.0755. The second kappa shape index (κ2) is 37.1. The number of fused-ring (bicyclic) bond motifs is 24. The third-order valence-corrected chi connectivity index (χ3v) is 37.4. The summed E-state index contributed by atoms with van der Waals surface area (Å²) in [6.07, 6.45) is 4.29. The Kier molecular flexibility index (Phi) is 25.8. The van der Waals surface area contributed by atoms with E-state index < -0.39 is 200 Å². The van der Waals surface area contributed by atoms with Crippen LogP contribution in [-0.2, 0) is 139 Å². The van der Waals surface area contributed by atoms with E-state index in [1.807, 2.05) is 33.7 Å². The molecule has 24 rings (SSSR count). The number of hydrogen-bond acceptors (Lipinski definition) is 44. The molecule has 16 saturated heterocycles. The van der Waals surface area contributed by atoms with Crippen molar-refractivity contribution in [3.05, 3.63) is 117 Å². The summed E-state index contributed by atoms with van der Waals surface area (Å²) in [5.41, 5.74) is 1.18. The molecule has 56 heteroatoms. The van der Waals surface area contributed by atoms with E-state index in [0.717, 1.165) is 47.2 Å². The Balaban J connectivity index is 0.000000108. The van der Waals surface area contributed by atoms with Gasteiger partial charge in [0, 0.05) is 63.7 Å². The molecule has 740 valence electrons. The number of nitrogens with zero attached hydrogens (tertiary/aromatic N) is 6. The monoisotopic (exact) mass is 2060 g/mol. The number of thiocarbonyl (C=S) groups is 2. The fraction of sp³-hybridized carbons (Fsp3) is 0.650. The molecule has 18 fully saturated rings. The first-order valence-corrected chi connectivity index (χ1v) is 53.0. The summed E-state index contributed by atoms with van der Waals surface area (Å²) in [5, 5.41) is 97.2. The van der Waals surface area contributed by atoms with Crippen molar-refractivity contribution in [3.63, 3.8) is 0 Å². The minimum atomic E-state index is -4.13. The maximum atomic E-state index is 13.3. The van der Waals surface area contributed by atoms with E-state index >= 15 is 0 Å². The van der Waals surface area contributed by atoms with Crippen molar-refractivity contribution < 1.29 is 180 Å². The molecule has 48 nitrogen and oxygen atoms in total. The molecular formula is C80H98N10O38P4S4. The van der Waals surface area contributed by atoms with Crippen molar-refractivity contribution in [1.29, 1.82) is 0 Å². The molecule has 0 aromatic rings. The lowest BCUT2D eigenvalue weighted by Gasteiger charge is -2.49. The van der Waals surface area contributed by atoms with Crippen molar-refractivity contribution in [2.75, 3.05) is 106 Å². The molecule has 12 unspecified atom stereocenters. The van der Waals surface area contributed by atoms with Gasteiger partial charge >= 0.3 is 31.3 Å². The number of piperidine rings is 4. The van der Waals surface area contributed by atoms with Crippen LogP contribution in [0.4, 0.5) is 0 Å². The van der Waals surface area contributed by atoms with Crippen LogP contribution < -0.4 is 21.3 Å². The number of aliphatic hydroxyl groups is 8. The van der Waals surface area contributed by atoms with Crippen LogP contribution in [0.25, 0.3) is 0 Å². The van der Waals surface area contributed by atoms with Gasteiger partial charge in [0.05, 0.1) is 61.5 Å². The zero-order valence-corrected chi connectivity index (χ0v) is 79.2. The number of ether oxygens (including phenoxy) is 8. The normalized spacial score (nSPS) is 42.5. The molecule has 24 aliphatic rings. The first kappa shape index (κ1) is 94.7. The molecule has 0 aromatic heterocycles. The Morgan fingerprint density at radius 3 is 1.11 bits per heavy atom.